The van der Waals surface area contributed by atoms with Crippen LogP contribution in [0.15, 0.2) is 17.0 Å². The Morgan fingerprint density at radius 3 is 2.06 bits per heavy atom. The van der Waals surface area contributed by atoms with E-state index < -0.39 is 10.0 Å². The first-order valence-electron chi connectivity index (χ1n) is 5.88. The summed E-state index contributed by atoms with van der Waals surface area (Å²) in [6, 6.07) is 3.76. The van der Waals surface area contributed by atoms with Crippen LogP contribution in [0.1, 0.15) is 37.0 Å². The van der Waals surface area contributed by atoms with Gasteiger partial charge in [0.25, 0.3) is 0 Å². The van der Waals surface area contributed by atoms with Gasteiger partial charge in [0.05, 0.1) is 4.90 Å². The molecule has 0 unspecified atom stereocenters. The molecule has 0 heterocycles. The van der Waals surface area contributed by atoms with Crippen LogP contribution in [-0.4, -0.2) is 14.5 Å². The van der Waals surface area contributed by atoms with Gasteiger partial charge in [-0.1, -0.05) is 24.6 Å². The topological polar surface area (TPSA) is 46.2 Å². The molecule has 1 rings (SSSR count). The molecule has 0 fully saturated rings. The summed E-state index contributed by atoms with van der Waals surface area (Å²) in [7, 11) is -3.40. The summed E-state index contributed by atoms with van der Waals surface area (Å²) in [6.45, 7) is 9.48. The van der Waals surface area contributed by atoms with Crippen LogP contribution in [0.5, 0.6) is 0 Å². The van der Waals surface area contributed by atoms with E-state index in [9.17, 15) is 8.42 Å². The summed E-state index contributed by atoms with van der Waals surface area (Å²) < 4.78 is 27.2. The first-order chi connectivity index (χ1) is 7.77. The summed E-state index contributed by atoms with van der Waals surface area (Å²) in [4.78, 5) is 0.420. The molecule has 1 N–H and O–H groups in total. The van der Waals surface area contributed by atoms with Crippen molar-refractivity contribution in [3.63, 3.8) is 0 Å². The van der Waals surface area contributed by atoms with Gasteiger partial charge in [-0.05, 0) is 45.2 Å². The Bertz CT molecular complexity index is 483. The Labute approximate surface area is 104 Å². The maximum atomic E-state index is 12.2. The van der Waals surface area contributed by atoms with Crippen LogP contribution in [0, 0.1) is 20.8 Å². The van der Waals surface area contributed by atoms with E-state index in [1.54, 1.807) is 0 Å². The Morgan fingerprint density at radius 1 is 1.18 bits per heavy atom. The molecule has 0 bridgehead atoms. The number of benzene rings is 1. The van der Waals surface area contributed by atoms with Gasteiger partial charge in [-0.15, -0.1) is 0 Å². The molecule has 0 amide bonds. The molecule has 0 aliphatic rings. The monoisotopic (exact) mass is 255 g/mol. The third-order valence-corrected chi connectivity index (χ3v) is 4.74. The average molecular weight is 255 g/mol. The molecule has 0 radical (unpaired) electrons. The smallest absolute Gasteiger partial charge is 0.208 e. The zero-order valence-corrected chi connectivity index (χ0v) is 12.0. The molecule has 17 heavy (non-hydrogen) atoms. The second kappa shape index (κ2) is 5.19. The van der Waals surface area contributed by atoms with Crippen LogP contribution >= 0.6 is 0 Å². The highest BCUT2D eigenvalue weighted by atomic mass is 32.2. The maximum Gasteiger partial charge on any atom is 0.241 e. The van der Waals surface area contributed by atoms with E-state index in [0.717, 1.165) is 23.1 Å². The van der Waals surface area contributed by atoms with Crippen molar-refractivity contribution in [2.75, 3.05) is 0 Å². The molecule has 3 nitrogen and oxygen atoms in total. The zero-order chi connectivity index (χ0) is 13.2. The summed E-state index contributed by atoms with van der Waals surface area (Å²) in [5, 5.41) is 0. The third kappa shape index (κ3) is 3.30. The van der Waals surface area contributed by atoms with Crippen molar-refractivity contribution < 1.29 is 8.42 Å². The molecule has 0 saturated carbocycles. The van der Waals surface area contributed by atoms with E-state index in [1.807, 2.05) is 46.8 Å². The lowest BCUT2D eigenvalue weighted by atomic mass is 10.1. The molecular weight excluding hydrogens is 234 g/mol. The fourth-order valence-corrected chi connectivity index (χ4v) is 3.78. The number of nitrogens with one attached hydrogen (secondary N) is 1. The molecule has 0 saturated heterocycles. The van der Waals surface area contributed by atoms with Gasteiger partial charge in [0, 0.05) is 6.04 Å². The summed E-state index contributed by atoms with van der Waals surface area (Å²) >= 11 is 0. The minimum atomic E-state index is -3.40. The molecule has 0 aliphatic carbocycles. The van der Waals surface area contributed by atoms with E-state index in [-0.39, 0.29) is 6.04 Å². The predicted octanol–water partition coefficient (Wildman–Crippen LogP) is 2.69. The highest BCUT2D eigenvalue weighted by Gasteiger charge is 2.21. The first-order valence-corrected chi connectivity index (χ1v) is 7.36. The van der Waals surface area contributed by atoms with Crippen molar-refractivity contribution in [3.05, 3.63) is 28.8 Å². The molecule has 1 atom stereocenters. The molecule has 1 aromatic carbocycles. The van der Waals surface area contributed by atoms with Crippen LogP contribution in [0.2, 0.25) is 0 Å². The average Bonchev–Trinajstić information content (AvgIpc) is 2.14. The SMILES string of the molecule is CC[C@@H](C)NS(=O)(=O)c1c(C)cc(C)cc1C. The number of hydrogen-bond acceptors (Lipinski definition) is 2. The van der Waals surface area contributed by atoms with Crippen molar-refractivity contribution >= 4 is 10.0 Å². The van der Waals surface area contributed by atoms with Crippen LogP contribution in [-0.2, 0) is 10.0 Å². The van der Waals surface area contributed by atoms with Crippen molar-refractivity contribution in [2.45, 2.75) is 52.0 Å². The Morgan fingerprint density at radius 2 is 1.65 bits per heavy atom. The standard InChI is InChI=1S/C13H21NO2S/c1-6-12(5)14-17(15,16)13-10(3)7-9(2)8-11(13)4/h7-8,12,14H,6H2,1-5H3/t12-/m1/s1. The fraction of sp³-hybridized carbons (Fsp3) is 0.538. The van der Waals surface area contributed by atoms with Crippen LogP contribution in [0.25, 0.3) is 0 Å². The van der Waals surface area contributed by atoms with Gasteiger partial charge in [-0.3, -0.25) is 0 Å². The minimum Gasteiger partial charge on any atom is -0.208 e. The molecule has 4 heteroatoms. The lowest BCUT2D eigenvalue weighted by Crippen LogP contribution is -2.32. The second-order valence-corrected chi connectivity index (χ2v) is 6.31. The van der Waals surface area contributed by atoms with Crippen molar-refractivity contribution in [3.8, 4) is 0 Å². The first kappa shape index (κ1) is 14.2. The van der Waals surface area contributed by atoms with E-state index >= 15 is 0 Å². The van der Waals surface area contributed by atoms with E-state index in [2.05, 4.69) is 4.72 Å². The van der Waals surface area contributed by atoms with Gasteiger partial charge in [0.15, 0.2) is 0 Å². The van der Waals surface area contributed by atoms with Crippen molar-refractivity contribution in [2.24, 2.45) is 0 Å². The maximum absolute atomic E-state index is 12.2. The largest absolute Gasteiger partial charge is 0.241 e. The van der Waals surface area contributed by atoms with Crippen LogP contribution in [0.4, 0.5) is 0 Å². The number of rotatable bonds is 4. The quantitative estimate of drug-likeness (QED) is 0.899. The molecule has 0 aliphatic heterocycles. The van der Waals surface area contributed by atoms with E-state index in [0.29, 0.717) is 4.90 Å². The van der Waals surface area contributed by atoms with Gasteiger partial charge in [0.1, 0.15) is 0 Å². The number of aryl methyl sites for hydroxylation is 3. The highest BCUT2D eigenvalue weighted by Crippen LogP contribution is 2.21. The lowest BCUT2D eigenvalue weighted by Gasteiger charge is -2.16. The van der Waals surface area contributed by atoms with Gasteiger partial charge in [-0.25, -0.2) is 13.1 Å². The summed E-state index contributed by atoms with van der Waals surface area (Å²) in [5.41, 5.74) is 2.69. The van der Waals surface area contributed by atoms with E-state index in [1.165, 1.54) is 0 Å². The molecule has 1 aromatic rings. The lowest BCUT2D eigenvalue weighted by molar-refractivity contribution is 0.554. The Balaban J connectivity index is 3.25. The molecule has 96 valence electrons. The highest BCUT2D eigenvalue weighted by molar-refractivity contribution is 7.89. The van der Waals surface area contributed by atoms with Crippen LogP contribution < -0.4 is 4.72 Å². The second-order valence-electron chi connectivity index (χ2n) is 4.66. The number of hydrogen-bond donors (Lipinski definition) is 1. The fourth-order valence-electron chi connectivity index (χ4n) is 2.00. The molecule has 0 aromatic heterocycles. The van der Waals surface area contributed by atoms with Crippen molar-refractivity contribution in [1.29, 1.82) is 0 Å². The van der Waals surface area contributed by atoms with Gasteiger partial charge < -0.3 is 0 Å². The van der Waals surface area contributed by atoms with Gasteiger partial charge >= 0.3 is 0 Å². The molecule has 0 spiro atoms. The van der Waals surface area contributed by atoms with Gasteiger partial charge in [0.2, 0.25) is 10.0 Å². The predicted molar refractivity (Wildman–Crippen MR) is 70.7 cm³/mol. The third-order valence-electron chi connectivity index (χ3n) is 2.84. The van der Waals surface area contributed by atoms with Crippen molar-refractivity contribution in [1.82, 2.24) is 4.72 Å². The Kier molecular flexibility index (Phi) is 4.33. The number of sulfonamides is 1. The summed E-state index contributed by atoms with van der Waals surface area (Å²) in [5.74, 6) is 0. The van der Waals surface area contributed by atoms with Crippen LogP contribution in [0.3, 0.4) is 0 Å². The molecular formula is C13H21NO2S. The van der Waals surface area contributed by atoms with E-state index in [4.69, 9.17) is 0 Å². The van der Waals surface area contributed by atoms with Gasteiger partial charge in [-0.2, -0.15) is 0 Å². The Hall–Kier alpha value is -0.870. The summed E-state index contributed by atoms with van der Waals surface area (Å²) in [6.07, 6.45) is 0.781. The zero-order valence-electron chi connectivity index (χ0n) is 11.2. The minimum absolute atomic E-state index is 0.0416. The normalized spacial score (nSPS) is 13.7.